The van der Waals surface area contributed by atoms with Gasteiger partial charge >= 0.3 is 12.1 Å². The molecule has 0 aliphatic rings. The first-order chi connectivity index (χ1) is 20.2. The van der Waals surface area contributed by atoms with E-state index >= 15 is 0 Å². The Morgan fingerprint density at radius 1 is 0.814 bits per heavy atom. The number of aliphatic hydroxyl groups is 1. The van der Waals surface area contributed by atoms with Gasteiger partial charge in [-0.1, -0.05) is 56.3 Å². The minimum Gasteiger partial charge on any atom is -0.489 e. The highest BCUT2D eigenvalue weighted by Crippen LogP contribution is 2.16. The average molecular weight is 600 g/mol. The largest absolute Gasteiger partial charge is 0.489 e. The van der Waals surface area contributed by atoms with Gasteiger partial charge in [0.1, 0.15) is 30.0 Å². The van der Waals surface area contributed by atoms with Crippen molar-refractivity contribution in [3.63, 3.8) is 0 Å². The quantitative estimate of drug-likeness (QED) is 0.242. The van der Waals surface area contributed by atoms with Crippen LogP contribution in [0.3, 0.4) is 0 Å². The highest BCUT2D eigenvalue weighted by atomic mass is 16.6. The lowest BCUT2D eigenvalue weighted by atomic mass is 10.0. The molecule has 0 saturated heterocycles. The molecular weight excluding hydrogens is 554 g/mol. The summed E-state index contributed by atoms with van der Waals surface area (Å²) in [6, 6.07) is 13.2. The fourth-order valence-corrected chi connectivity index (χ4v) is 4.09. The molecule has 0 bridgehead atoms. The van der Waals surface area contributed by atoms with Crippen LogP contribution in [0.2, 0.25) is 0 Å². The van der Waals surface area contributed by atoms with Crippen molar-refractivity contribution in [1.82, 2.24) is 16.0 Å². The van der Waals surface area contributed by atoms with Gasteiger partial charge in [-0.3, -0.25) is 9.59 Å². The monoisotopic (exact) mass is 599 g/mol. The lowest BCUT2D eigenvalue weighted by Crippen LogP contribution is -2.58. The van der Waals surface area contributed by atoms with Gasteiger partial charge in [0.25, 0.3) is 0 Å². The van der Waals surface area contributed by atoms with Crippen LogP contribution >= 0.6 is 0 Å². The van der Waals surface area contributed by atoms with Crippen LogP contribution in [0.4, 0.5) is 4.79 Å². The molecule has 11 nitrogen and oxygen atoms in total. The number of aliphatic hydroxyl groups excluding tert-OH is 1. The lowest BCUT2D eigenvalue weighted by Gasteiger charge is -2.27. The predicted molar refractivity (Wildman–Crippen MR) is 161 cm³/mol. The number of esters is 1. The maximum absolute atomic E-state index is 13.4. The maximum Gasteiger partial charge on any atom is 0.408 e. The Balaban J connectivity index is 2.25. The van der Waals surface area contributed by atoms with Crippen LogP contribution in [0.1, 0.15) is 59.1 Å². The van der Waals surface area contributed by atoms with Crippen molar-refractivity contribution in [2.24, 2.45) is 5.92 Å². The molecule has 0 aliphatic carbocycles. The van der Waals surface area contributed by atoms with Gasteiger partial charge in [0.2, 0.25) is 11.8 Å². The third-order valence-corrected chi connectivity index (χ3v) is 6.19. The molecule has 2 rings (SSSR count). The second-order valence-corrected chi connectivity index (χ2v) is 11.8. The Hall–Kier alpha value is -4.12. The molecule has 0 spiro atoms. The first-order valence-electron chi connectivity index (χ1n) is 14.3. The zero-order valence-corrected chi connectivity index (χ0v) is 26.0. The van der Waals surface area contributed by atoms with Gasteiger partial charge in [-0.05, 0) is 63.3 Å². The Kier molecular flexibility index (Phi) is 13.5. The van der Waals surface area contributed by atoms with E-state index < -0.39 is 53.7 Å². The molecule has 2 aromatic rings. The summed E-state index contributed by atoms with van der Waals surface area (Å²) in [6.45, 7) is 10.6. The minimum atomic E-state index is -1.35. The summed E-state index contributed by atoms with van der Waals surface area (Å²) in [4.78, 5) is 51.5. The van der Waals surface area contributed by atoms with Crippen LogP contribution in [0, 0.1) is 5.92 Å². The van der Waals surface area contributed by atoms with Crippen molar-refractivity contribution >= 4 is 23.9 Å². The highest BCUT2D eigenvalue weighted by Gasteiger charge is 2.33. The zero-order chi connectivity index (χ0) is 32.2. The Bertz CT molecular complexity index is 1190. The van der Waals surface area contributed by atoms with Gasteiger partial charge in [-0.25, -0.2) is 9.59 Å². The number of amides is 3. The third-order valence-electron chi connectivity index (χ3n) is 6.19. The molecule has 0 heterocycles. The molecule has 2 aromatic carbocycles. The maximum atomic E-state index is 13.4. The van der Waals surface area contributed by atoms with Crippen LogP contribution in [-0.2, 0) is 36.9 Å². The highest BCUT2D eigenvalue weighted by molar-refractivity contribution is 5.93. The van der Waals surface area contributed by atoms with Gasteiger partial charge in [0, 0.05) is 6.42 Å². The number of hydrogen-bond acceptors (Lipinski definition) is 8. The van der Waals surface area contributed by atoms with E-state index in [0.29, 0.717) is 17.9 Å². The SMILES string of the molecule is COC(=O)[C@@H](NC(=O)[C@H](Cc1ccc(OCc2ccccc2)cc1)NC(=O)[C@@H](CC(C)C)NC(=O)OC(C)(C)C)[C@@H](C)O. The predicted octanol–water partition coefficient (Wildman–Crippen LogP) is 3.27. The molecule has 0 unspecified atom stereocenters. The van der Waals surface area contributed by atoms with E-state index in [4.69, 9.17) is 14.2 Å². The molecule has 4 N–H and O–H groups in total. The molecule has 4 atom stereocenters. The van der Waals surface area contributed by atoms with E-state index in [2.05, 4.69) is 16.0 Å². The summed E-state index contributed by atoms with van der Waals surface area (Å²) in [5.74, 6) is -1.50. The van der Waals surface area contributed by atoms with E-state index in [1.165, 1.54) is 6.92 Å². The molecule has 11 heteroatoms. The van der Waals surface area contributed by atoms with E-state index in [1.807, 2.05) is 44.2 Å². The third kappa shape index (κ3) is 12.7. The Morgan fingerprint density at radius 3 is 1.95 bits per heavy atom. The van der Waals surface area contributed by atoms with Gasteiger partial charge in [0.15, 0.2) is 6.04 Å². The number of carbonyl (C=O) groups excluding carboxylic acids is 4. The number of ether oxygens (including phenoxy) is 3. The summed E-state index contributed by atoms with van der Waals surface area (Å²) in [5, 5.41) is 17.9. The fourth-order valence-electron chi connectivity index (χ4n) is 4.09. The van der Waals surface area contributed by atoms with E-state index in [1.54, 1.807) is 45.0 Å². The molecule has 236 valence electrons. The van der Waals surface area contributed by atoms with Crippen molar-refractivity contribution < 1.29 is 38.5 Å². The normalized spacial score (nSPS) is 14.1. The summed E-state index contributed by atoms with van der Waals surface area (Å²) >= 11 is 0. The van der Waals surface area contributed by atoms with Crippen LogP contribution in [0.15, 0.2) is 54.6 Å². The Morgan fingerprint density at radius 2 is 1.42 bits per heavy atom. The van der Waals surface area contributed by atoms with Crippen molar-refractivity contribution in [3.8, 4) is 5.75 Å². The molecule has 43 heavy (non-hydrogen) atoms. The van der Waals surface area contributed by atoms with E-state index in [0.717, 1.165) is 12.7 Å². The molecule has 0 radical (unpaired) electrons. The first-order valence-corrected chi connectivity index (χ1v) is 14.3. The number of benzene rings is 2. The van der Waals surface area contributed by atoms with Gasteiger partial charge in [-0.15, -0.1) is 0 Å². The van der Waals surface area contributed by atoms with Gasteiger partial charge < -0.3 is 35.3 Å². The van der Waals surface area contributed by atoms with Crippen LogP contribution in [0.25, 0.3) is 0 Å². The summed E-state index contributed by atoms with van der Waals surface area (Å²) in [7, 11) is 1.14. The van der Waals surface area contributed by atoms with E-state index in [-0.39, 0.29) is 18.8 Å². The van der Waals surface area contributed by atoms with Crippen molar-refractivity contribution in [1.29, 1.82) is 0 Å². The number of hydrogen-bond donors (Lipinski definition) is 4. The van der Waals surface area contributed by atoms with Gasteiger partial charge in [0.05, 0.1) is 13.2 Å². The van der Waals surface area contributed by atoms with Crippen LogP contribution in [-0.4, -0.2) is 65.9 Å². The Labute approximate surface area is 253 Å². The number of rotatable bonds is 14. The topological polar surface area (TPSA) is 152 Å². The molecular formula is C32H45N3O8. The van der Waals surface area contributed by atoms with E-state index in [9.17, 15) is 24.3 Å². The number of alkyl carbamates (subject to hydrolysis) is 1. The molecule has 0 aliphatic heterocycles. The number of carbonyl (C=O) groups is 4. The number of methoxy groups -OCH3 is 1. The number of nitrogens with one attached hydrogen (secondary N) is 3. The molecule has 0 aromatic heterocycles. The van der Waals surface area contributed by atoms with Gasteiger partial charge in [-0.2, -0.15) is 0 Å². The van der Waals surface area contributed by atoms with Crippen LogP contribution < -0.4 is 20.7 Å². The molecule has 0 fully saturated rings. The summed E-state index contributed by atoms with van der Waals surface area (Å²) in [6.07, 6.45) is -1.69. The molecule has 0 saturated carbocycles. The standard InChI is InChI=1S/C32H45N3O8/c1-20(2)17-25(34-31(40)43-32(4,5)6)28(37)33-26(29(38)35-27(21(3)36)30(39)41-7)18-22-13-15-24(16-14-22)42-19-23-11-9-8-10-12-23/h8-16,20-21,25-27,36H,17-19H2,1-7H3,(H,33,37)(H,34,40)(H,35,38)/t21-,25-,26+,27+/m1/s1. The first kappa shape index (κ1) is 35.1. The average Bonchev–Trinajstić information content (AvgIpc) is 2.93. The molecule has 3 amide bonds. The van der Waals surface area contributed by atoms with Crippen molar-refractivity contribution in [2.75, 3.05) is 7.11 Å². The zero-order valence-electron chi connectivity index (χ0n) is 26.0. The lowest BCUT2D eigenvalue weighted by molar-refractivity contribution is -0.148. The second kappa shape index (κ2) is 16.5. The summed E-state index contributed by atoms with van der Waals surface area (Å²) in [5.41, 5.74) is 0.937. The van der Waals surface area contributed by atoms with Crippen LogP contribution in [0.5, 0.6) is 5.75 Å². The minimum absolute atomic E-state index is 0.0281. The summed E-state index contributed by atoms with van der Waals surface area (Å²) < 4.78 is 15.9. The smallest absolute Gasteiger partial charge is 0.408 e. The van der Waals surface area contributed by atoms with Crippen molar-refractivity contribution in [3.05, 3.63) is 65.7 Å². The second-order valence-electron chi connectivity index (χ2n) is 11.8. The fraction of sp³-hybridized carbons (Fsp3) is 0.500. The van der Waals surface area contributed by atoms with Crippen molar-refractivity contribution in [2.45, 2.75) is 90.8 Å².